The Morgan fingerprint density at radius 3 is 2.53 bits per heavy atom. The third-order valence-corrected chi connectivity index (χ3v) is 2.57. The van der Waals surface area contributed by atoms with Crippen molar-refractivity contribution in [3.63, 3.8) is 0 Å². The molecule has 0 aromatic heterocycles. The Hall–Kier alpha value is -2.43. The van der Waals surface area contributed by atoms with Crippen LogP contribution in [0.1, 0.15) is 12.5 Å². The Kier molecular flexibility index (Phi) is 5.47. The molecule has 0 heterocycles. The van der Waals surface area contributed by atoms with Crippen LogP contribution >= 0.6 is 0 Å². The highest BCUT2D eigenvalue weighted by atomic mass is 16.6. The molecule has 0 bridgehead atoms. The van der Waals surface area contributed by atoms with Crippen LogP contribution in [-0.2, 0) is 4.79 Å². The number of nitrogens with zero attached hydrogens (tertiary/aromatic N) is 2. The van der Waals surface area contributed by atoms with Crippen molar-refractivity contribution >= 4 is 17.7 Å². The van der Waals surface area contributed by atoms with Crippen molar-refractivity contribution in [1.29, 1.82) is 0 Å². The van der Waals surface area contributed by atoms with E-state index in [-0.39, 0.29) is 11.6 Å². The maximum atomic E-state index is 11.8. The summed E-state index contributed by atoms with van der Waals surface area (Å²) in [5.41, 5.74) is 0.777. The van der Waals surface area contributed by atoms with E-state index in [9.17, 15) is 14.9 Å². The van der Waals surface area contributed by atoms with Crippen LogP contribution in [0, 0.1) is 10.1 Å². The normalized spacial score (nSPS) is 10.4. The maximum Gasteiger partial charge on any atom is 0.269 e. The van der Waals surface area contributed by atoms with Crippen molar-refractivity contribution in [1.82, 2.24) is 4.90 Å². The number of amides is 1. The molecule has 0 unspecified atom stereocenters. The van der Waals surface area contributed by atoms with E-state index in [0.29, 0.717) is 13.1 Å². The SMILES string of the molecule is C=CCN(CC)C(=O)/C=C/c1ccc([N+](=O)[O-])cc1. The summed E-state index contributed by atoms with van der Waals surface area (Å²) < 4.78 is 0. The van der Waals surface area contributed by atoms with E-state index in [4.69, 9.17) is 0 Å². The fourth-order valence-electron chi connectivity index (χ4n) is 1.51. The van der Waals surface area contributed by atoms with Crippen LogP contribution in [-0.4, -0.2) is 28.8 Å². The van der Waals surface area contributed by atoms with Gasteiger partial charge in [0.1, 0.15) is 0 Å². The Balaban J connectivity index is 2.72. The van der Waals surface area contributed by atoms with E-state index in [1.807, 2.05) is 6.92 Å². The second-order valence-corrected chi connectivity index (χ2v) is 3.85. The minimum atomic E-state index is -0.457. The van der Waals surface area contributed by atoms with E-state index in [0.717, 1.165) is 5.56 Å². The second-order valence-electron chi connectivity index (χ2n) is 3.85. The largest absolute Gasteiger partial charge is 0.336 e. The molecule has 19 heavy (non-hydrogen) atoms. The summed E-state index contributed by atoms with van der Waals surface area (Å²) in [5, 5.41) is 10.5. The van der Waals surface area contributed by atoms with Crippen LogP contribution in [0.5, 0.6) is 0 Å². The molecule has 0 spiro atoms. The van der Waals surface area contributed by atoms with Crippen LogP contribution in [0.2, 0.25) is 0 Å². The third kappa shape index (κ3) is 4.39. The standard InChI is InChI=1S/C14H16N2O3/c1-3-11-15(4-2)14(17)10-7-12-5-8-13(9-6-12)16(18)19/h3,5-10H,1,4,11H2,2H3/b10-7+. The fraction of sp³-hybridized carbons (Fsp3) is 0.214. The molecule has 1 aromatic rings. The van der Waals surface area contributed by atoms with E-state index < -0.39 is 4.92 Å². The highest BCUT2D eigenvalue weighted by Crippen LogP contribution is 2.12. The number of nitro benzene ring substituents is 1. The van der Waals surface area contributed by atoms with Crippen molar-refractivity contribution in [2.75, 3.05) is 13.1 Å². The van der Waals surface area contributed by atoms with Gasteiger partial charge in [-0.1, -0.05) is 6.08 Å². The lowest BCUT2D eigenvalue weighted by atomic mass is 10.2. The van der Waals surface area contributed by atoms with Crippen LogP contribution < -0.4 is 0 Å². The molecule has 0 saturated heterocycles. The van der Waals surface area contributed by atoms with Gasteiger partial charge in [-0.15, -0.1) is 6.58 Å². The Morgan fingerprint density at radius 1 is 1.42 bits per heavy atom. The highest BCUT2D eigenvalue weighted by molar-refractivity contribution is 5.91. The third-order valence-electron chi connectivity index (χ3n) is 2.57. The van der Waals surface area contributed by atoms with Crippen LogP contribution in [0.15, 0.2) is 43.0 Å². The van der Waals surface area contributed by atoms with Gasteiger partial charge in [-0.25, -0.2) is 0 Å². The minimum Gasteiger partial charge on any atom is -0.336 e. The van der Waals surface area contributed by atoms with Gasteiger partial charge >= 0.3 is 0 Å². The lowest BCUT2D eigenvalue weighted by molar-refractivity contribution is -0.384. The Morgan fingerprint density at radius 2 is 2.05 bits per heavy atom. The van der Waals surface area contributed by atoms with Crippen LogP contribution in [0.4, 0.5) is 5.69 Å². The van der Waals surface area contributed by atoms with Gasteiger partial charge in [0.25, 0.3) is 5.69 Å². The quantitative estimate of drug-likeness (QED) is 0.342. The fourth-order valence-corrected chi connectivity index (χ4v) is 1.51. The van der Waals surface area contributed by atoms with Gasteiger partial charge in [0.15, 0.2) is 0 Å². The Bertz CT molecular complexity index is 492. The predicted octanol–water partition coefficient (Wildman–Crippen LogP) is 2.64. The summed E-state index contributed by atoms with van der Waals surface area (Å²) in [6.07, 6.45) is 4.76. The van der Waals surface area contributed by atoms with Gasteiger partial charge in [-0.2, -0.15) is 0 Å². The number of hydrogen-bond donors (Lipinski definition) is 0. The topological polar surface area (TPSA) is 63.5 Å². The average Bonchev–Trinajstić information content (AvgIpc) is 2.42. The number of carbonyl (C=O) groups is 1. The molecule has 5 heteroatoms. The molecule has 0 saturated carbocycles. The molecule has 5 nitrogen and oxygen atoms in total. The van der Waals surface area contributed by atoms with E-state index >= 15 is 0 Å². The summed E-state index contributed by atoms with van der Waals surface area (Å²) in [6.45, 7) is 6.59. The van der Waals surface area contributed by atoms with E-state index in [1.54, 1.807) is 29.2 Å². The molecular formula is C14H16N2O3. The van der Waals surface area contributed by atoms with Crippen molar-refractivity contribution in [3.8, 4) is 0 Å². The van der Waals surface area contributed by atoms with Gasteiger partial charge in [0.2, 0.25) is 5.91 Å². The number of nitro groups is 1. The first-order chi connectivity index (χ1) is 9.08. The van der Waals surface area contributed by atoms with Gasteiger partial charge in [-0.05, 0) is 30.7 Å². The number of likely N-dealkylation sites (N-methyl/N-ethyl adjacent to an activating group) is 1. The van der Waals surface area contributed by atoms with Gasteiger partial charge < -0.3 is 4.90 Å². The van der Waals surface area contributed by atoms with Crippen LogP contribution in [0.3, 0.4) is 0 Å². The predicted molar refractivity (Wildman–Crippen MR) is 74.6 cm³/mol. The first kappa shape index (κ1) is 14.6. The first-order valence-electron chi connectivity index (χ1n) is 5.90. The minimum absolute atomic E-state index is 0.0327. The summed E-state index contributed by atoms with van der Waals surface area (Å²) in [5.74, 6) is -0.110. The number of non-ortho nitro benzene ring substituents is 1. The summed E-state index contributed by atoms with van der Waals surface area (Å²) in [6, 6.07) is 6.02. The molecule has 0 aliphatic heterocycles. The lowest BCUT2D eigenvalue weighted by Crippen LogP contribution is -2.29. The number of benzene rings is 1. The van der Waals surface area contributed by atoms with Crippen molar-refractivity contribution in [2.24, 2.45) is 0 Å². The highest BCUT2D eigenvalue weighted by Gasteiger charge is 2.06. The molecule has 1 rings (SSSR count). The molecule has 0 fully saturated rings. The summed E-state index contributed by atoms with van der Waals surface area (Å²) in [7, 11) is 0. The molecule has 100 valence electrons. The first-order valence-corrected chi connectivity index (χ1v) is 5.90. The molecule has 1 aromatic carbocycles. The number of rotatable bonds is 6. The molecule has 0 radical (unpaired) electrons. The zero-order chi connectivity index (χ0) is 14.3. The van der Waals surface area contributed by atoms with Gasteiger partial charge in [0, 0.05) is 31.3 Å². The average molecular weight is 260 g/mol. The lowest BCUT2D eigenvalue weighted by Gasteiger charge is -2.16. The van der Waals surface area contributed by atoms with Crippen molar-refractivity contribution in [3.05, 3.63) is 58.7 Å². The summed E-state index contributed by atoms with van der Waals surface area (Å²) in [4.78, 5) is 23.5. The molecular weight excluding hydrogens is 244 g/mol. The zero-order valence-electron chi connectivity index (χ0n) is 10.8. The van der Waals surface area contributed by atoms with E-state index in [1.165, 1.54) is 18.2 Å². The molecule has 0 aliphatic rings. The monoisotopic (exact) mass is 260 g/mol. The zero-order valence-corrected chi connectivity index (χ0v) is 10.8. The maximum absolute atomic E-state index is 11.8. The summed E-state index contributed by atoms with van der Waals surface area (Å²) >= 11 is 0. The molecule has 1 amide bonds. The van der Waals surface area contributed by atoms with Gasteiger partial charge in [-0.3, -0.25) is 14.9 Å². The smallest absolute Gasteiger partial charge is 0.269 e. The van der Waals surface area contributed by atoms with E-state index in [2.05, 4.69) is 6.58 Å². The van der Waals surface area contributed by atoms with Gasteiger partial charge in [0.05, 0.1) is 4.92 Å². The molecule has 0 N–H and O–H groups in total. The molecule has 0 aliphatic carbocycles. The Labute approximate surface area is 112 Å². The number of carbonyl (C=O) groups excluding carboxylic acids is 1. The number of hydrogen-bond acceptors (Lipinski definition) is 3. The van der Waals surface area contributed by atoms with Crippen molar-refractivity contribution in [2.45, 2.75) is 6.92 Å². The van der Waals surface area contributed by atoms with Crippen molar-refractivity contribution < 1.29 is 9.72 Å². The molecule has 0 atom stereocenters. The van der Waals surface area contributed by atoms with Crippen LogP contribution in [0.25, 0.3) is 6.08 Å². The second kappa shape index (κ2) is 7.10.